The van der Waals surface area contributed by atoms with Crippen molar-refractivity contribution in [2.75, 3.05) is 6.26 Å². The fourth-order valence-electron chi connectivity index (χ4n) is 0.257. The van der Waals surface area contributed by atoms with Crippen molar-refractivity contribution in [1.82, 2.24) is 0 Å². The van der Waals surface area contributed by atoms with E-state index in [1.807, 2.05) is 13.8 Å². The number of hydrogen-bond donors (Lipinski definition) is 0. The summed E-state index contributed by atoms with van der Waals surface area (Å²) in [5.41, 5.74) is 0.862. The van der Waals surface area contributed by atoms with E-state index in [1.165, 1.54) is 0 Å². The Hall–Kier alpha value is -0.180. The standard InChI is InChI=1S/C4H9NOS/c1-4(2)5-7(3)6/h1-3H3. The fraction of sp³-hybridized carbons (Fsp3) is 0.750. The quantitative estimate of drug-likeness (QED) is 0.468. The third kappa shape index (κ3) is 5.82. The van der Waals surface area contributed by atoms with E-state index in [1.54, 1.807) is 6.26 Å². The number of nitrogens with zero attached hydrogens (tertiary/aromatic N) is 1. The summed E-state index contributed by atoms with van der Waals surface area (Å²) in [7, 11) is -1.01. The predicted molar refractivity (Wildman–Crippen MR) is 32.8 cm³/mol. The van der Waals surface area contributed by atoms with Gasteiger partial charge in [-0.2, -0.15) is 4.40 Å². The normalized spacial score (nSPS) is 13.0. The van der Waals surface area contributed by atoms with Crippen molar-refractivity contribution in [1.29, 1.82) is 0 Å². The molecule has 0 fully saturated rings. The lowest BCUT2D eigenvalue weighted by Gasteiger charge is -1.81. The van der Waals surface area contributed by atoms with Gasteiger partial charge in [-0.1, -0.05) is 0 Å². The molecule has 1 unspecified atom stereocenters. The van der Waals surface area contributed by atoms with E-state index < -0.39 is 11.0 Å². The van der Waals surface area contributed by atoms with Gasteiger partial charge in [0.1, 0.15) is 11.0 Å². The number of hydrogen-bond acceptors (Lipinski definition) is 1. The molecule has 42 valence electrons. The van der Waals surface area contributed by atoms with Gasteiger partial charge in [0, 0.05) is 12.0 Å². The number of rotatable bonds is 1. The Morgan fingerprint density at radius 2 is 2.00 bits per heavy atom. The molecule has 0 spiro atoms. The molecule has 0 aromatic heterocycles. The maximum absolute atomic E-state index is 10.2. The van der Waals surface area contributed by atoms with Crippen LogP contribution in [-0.2, 0) is 11.0 Å². The van der Waals surface area contributed by atoms with E-state index in [-0.39, 0.29) is 0 Å². The van der Waals surface area contributed by atoms with Crippen molar-refractivity contribution in [2.45, 2.75) is 13.8 Å². The third-order valence-corrected chi connectivity index (χ3v) is 0.933. The Labute approximate surface area is 46.2 Å². The highest BCUT2D eigenvalue weighted by Gasteiger charge is 1.78. The van der Waals surface area contributed by atoms with Crippen LogP contribution in [-0.4, -0.2) is 16.2 Å². The maximum Gasteiger partial charge on any atom is 0.136 e. The summed E-state index contributed by atoms with van der Waals surface area (Å²) >= 11 is 0. The van der Waals surface area contributed by atoms with E-state index >= 15 is 0 Å². The molecule has 0 heterocycles. The molecule has 2 nitrogen and oxygen atoms in total. The fourth-order valence-corrected chi connectivity index (χ4v) is 0.771. The van der Waals surface area contributed by atoms with Gasteiger partial charge in [-0.3, -0.25) is 0 Å². The van der Waals surface area contributed by atoms with Crippen molar-refractivity contribution in [3.05, 3.63) is 0 Å². The molecule has 0 aliphatic heterocycles. The van der Waals surface area contributed by atoms with Crippen LogP contribution in [0, 0.1) is 0 Å². The zero-order chi connectivity index (χ0) is 5.86. The topological polar surface area (TPSA) is 29.4 Å². The van der Waals surface area contributed by atoms with Crippen LogP contribution in [0.15, 0.2) is 4.40 Å². The van der Waals surface area contributed by atoms with Crippen molar-refractivity contribution < 1.29 is 4.21 Å². The van der Waals surface area contributed by atoms with E-state index in [4.69, 9.17) is 0 Å². The molecular weight excluding hydrogens is 110 g/mol. The monoisotopic (exact) mass is 119 g/mol. The van der Waals surface area contributed by atoms with Gasteiger partial charge < -0.3 is 0 Å². The Balaban J connectivity index is 3.68. The maximum atomic E-state index is 10.2. The van der Waals surface area contributed by atoms with Gasteiger partial charge >= 0.3 is 0 Å². The van der Waals surface area contributed by atoms with Crippen molar-refractivity contribution >= 4 is 16.7 Å². The highest BCUT2D eigenvalue weighted by molar-refractivity contribution is 7.83. The van der Waals surface area contributed by atoms with Gasteiger partial charge in [0.25, 0.3) is 0 Å². The summed E-state index contributed by atoms with van der Waals surface area (Å²) in [5, 5.41) is 0. The average Bonchev–Trinajstić information content (AvgIpc) is 1.27. The first-order chi connectivity index (χ1) is 3.13. The molecule has 0 radical (unpaired) electrons. The first-order valence-corrected chi connectivity index (χ1v) is 3.50. The van der Waals surface area contributed by atoms with E-state index in [0.717, 1.165) is 5.71 Å². The van der Waals surface area contributed by atoms with E-state index in [9.17, 15) is 4.21 Å². The zero-order valence-electron chi connectivity index (χ0n) is 4.76. The molecule has 1 atom stereocenters. The minimum atomic E-state index is -1.01. The van der Waals surface area contributed by atoms with Gasteiger partial charge in [-0.15, -0.1) is 0 Å². The summed E-state index contributed by atoms with van der Waals surface area (Å²) in [5.74, 6) is 0. The van der Waals surface area contributed by atoms with Crippen LogP contribution < -0.4 is 0 Å². The zero-order valence-corrected chi connectivity index (χ0v) is 5.58. The molecular formula is C4H9NOS. The lowest BCUT2D eigenvalue weighted by molar-refractivity contribution is 0.688. The predicted octanol–water partition coefficient (Wildman–Crippen LogP) is 0.761. The van der Waals surface area contributed by atoms with Gasteiger partial charge in [-0.05, 0) is 13.8 Å². The minimum Gasteiger partial charge on any atom is -0.235 e. The molecule has 0 rings (SSSR count). The van der Waals surface area contributed by atoms with Gasteiger partial charge in [0.05, 0.1) is 0 Å². The molecule has 0 saturated carbocycles. The lowest BCUT2D eigenvalue weighted by Crippen LogP contribution is -1.84. The van der Waals surface area contributed by atoms with Crippen LogP contribution in [0.2, 0.25) is 0 Å². The second-order valence-electron chi connectivity index (χ2n) is 1.46. The van der Waals surface area contributed by atoms with Crippen molar-refractivity contribution in [2.24, 2.45) is 4.40 Å². The van der Waals surface area contributed by atoms with Crippen LogP contribution >= 0.6 is 0 Å². The SMILES string of the molecule is CC(C)=NS(C)=O. The summed E-state index contributed by atoms with van der Waals surface area (Å²) in [4.78, 5) is 0. The van der Waals surface area contributed by atoms with Gasteiger partial charge in [0.2, 0.25) is 0 Å². The Morgan fingerprint density at radius 3 is 2.00 bits per heavy atom. The summed E-state index contributed by atoms with van der Waals surface area (Å²) in [6.45, 7) is 3.64. The molecule has 0 amide bonds. The Bertz CT molecular complexity index is 104. The smallest absolute Gasteiger partial charge is 0.136 e. The molecule has 0 saturated heterocycles. The Morgan fingerprint density at radius 1 is 1.57 bits per heavy atom. The van der Waals surface area contributed by atoms with E-state index in [0.29, 0.717) is 0 Å². The molecule has 3 heteroatoms. The summed E-state index contributed by atoms with van der Waals surface area (Å²) in [6.07, 6.45) is 1.55. The summed E-state index contributed by atoms with van der Waals surface area (Å²) in [6, 6.07) is 0. The largest absolute Gasteiger partial charge is 0.235 e. The second kappa shape index (κ2) is 2.91. The molecule has 0 aromatic carbocycles. The highest BCUT2D eigenvalue weighted by Crippen LogP contribution is 1.77. The molecule has 0 aliphatic carbocycles. The average molecular weight is 119 g/mol. The first kappa shape index (κ1) is 6.82. The third-order valence-electron chi connectivity index (χ3n) is 0.311. The van der Waals surface area contributed by atoms with Gasteiger partial charge in [-0.25, -0.2) is 4.21 Å². The lowest BCUT2D eigenvalue weighted by atomic mass is 10.5. The summed E-state index contributed by atoms with van der Waals surface area (Å²) < 4.78 is 13.8. The highest BCUT2D eigenvalue weighted by atomic mass is 32.2. The van der Waals surface area contributed by atoms with E-state index in [2.05, 4.69) is 4.40 Å². The molecule has 7 heavy (non-hydrogen) atoms. The van der Waals surface area contributed by atoms with Gasteiger partial charge in [0.15, 0.2) is 0 Å². The van der Waals surface area contributed by atoms with Crippen LogP contribution in [0.4, 0.5) is 0 Å². The molecule has 0 bridgehead atoms. The second-order valence-corrected chi connectivity index (χ2v) is 2.49. The van der Waals surface area contributed by atoms with Crippen LogP contribution in [0.25, 0.3) is 0 Å². The van der Waals surface area contributed by atoms with Crippen LogP contribution in [0.5, 0.6) is 0 Å². The minimum absolute atomic E-state index is 0.862. The molecule has 0 N–H and O–H groups in total. The molecule has 0 aromatic rings. The first-order valence-electron chi connectivity index (χ1n) is 1.98. The van der Waals surface area contributed by atoms with Crippen molar-refractivity contribution in [3.63, 3.8) is 0 Å². The van der Waals surface area contributed by atoms with Crippen LogP contribution in [0.1, 0.15) is 13.8 Å². The van der Waals surface area contributed by atoms with Crippen molar-refractivity contribution in [3.8, 4) is 0 Å². The van der Waals surface area contributed by atoms with Crippen LogP contribution in [0.3, 0.4) is 0 Å². The molecule has 0 aliphatic rings. The Kier molecular flexibility index (Phi) is 2.83.